The molecule has 0 aliphatic heterocycles. The second-order valence-electron chi connectivity index (χ2n) is 3.17. The molecule has 0 bridgehead atoms. The van der Waals surface area contributed by atoms with Crippen molar-refractivity contribution in [3.05, 3.63) is 34.6 Å². The maximum absolute atomic E-state index is 13.4. The van der Waals surface area contributed by atoms with E-state index in [9.17, 15) is 9.18 Å². The van der Waals surface area contributed by atoms with Gasteiger partial charge in [0.2, 0.25) is 5.78 Å². The molecule has 0 atom stereocenters. The quantitative estimate of drug-likeness (QED) is 0.581. The Morgan fingerprint density at radius 3 is 2.59 bits per heavy atom. The second kappa shape index (κ2) is 5.68. The van der Waals surface area contributed by atoms with Crippen molar-refractivity contribution in [2.24, 2.45) is 0 Å². The van der Waals surface area contributed by atoms with E-state index in [-0.39, 0.29) is 11.1 Å². The van der Waals surface area contributed by atoms with Crippen LogP contribution in [0.1, 0.15) is 16.7 Å². The number of hydrogen-bond donors (Lipinski definition) is 0. The molecule has 0 aromatic heterocycles. The number of nitrogens with zero attached hydrogens (tertiary/aromatic N) is 1. The molecule has 0 fully saturated rings. The van der Waals surface area contributed by atoms with Gasteiger partial charge < -0.3 is 0 Å². The van der Waals surface area contributed by atoms with Crippen LogP contribution in [0.15, 0.2) is 12.1 Å². The van der Waals surface area contributed by atoms with E-state index in [1.54, 1.807) is 6.92 Å². The summed E-state index contributed by atoms with van der Waals surface area (Å²) in [5.74, 6) is 3.10. The molecule has 1 aromatic rings. The van der Waals surface area contributed by atoms with Gasteiger partial charge in [-0.1, -0.05) is 29.1 Å². The Kier molecular flexibility index (Phi) is 4.52. The largest absolute Gasteiger partial charge is 0.282 e. The first kappa shape index (κ1) is 13.5. The van der Waals surface area contributed by atoms with Crippen LogP contribution in [0, 0.1) is 35.9 Å². The molecule has 86 valence electrons. The summed E-state index contributed by atoms with van der Waals surface area (Å²) >= 11 is 10.6. The van der Waals surface area contributed by atoms with Crippen LogP contribution in [0.2, 0.25) is 0 Å². The Bertz CT molecular complexity index is 564. The van der Waals surface area contributed by atoms with E-state index < -0.39 is 16.4 Å². The molecular formula is C12H6Cl2FNO. The summed E-state index contributed by atoms with van der Waals surface area (Å²) in [6, 6.07) is 4.32. The van der Waals surface area contributed by atoms with E-state index in [1.165, 1.54) is 6.07 Å². The molecule has 0 unspecified atom stereocenters. The van der Waals surface area contributed by atoms with Gasteiger partial charge in [-0.15, -0.1) is 0 Å². The molecule has 0 radical (unpaired) electrons. The lowest BCUT2D eigenvalue weighted by molar-refractivity contribution is -0.112. The lowest BCUT2D eigenvalue weighted by Gasteiger charge is -1.99. The number of Topliss-reactive ketones (excluding diaryl/α,β-unsaturated/α-hetero) is 1. The van der Waals surface area contributed by atoms with Crippen LogP contribution >= 0.6 is 23.2 Å². The second-order valence-corrected chi connectivity index (χ2v) is 4.27. The summed E-state index contributed by atoms with van der Waals surface area (Å²) in [6.07, 6.45) is 0. The van der Waals surface area contributed by atoms with Gasteiger partial charge in [-0.3, -0.25) is 4.79 Å². The van der Waals surface area contributed by atoms with Gasteiger partial charge in [0.25, 0.3) is 0 Å². The maximum atomic E-state index is 13.4. The highest BCUT2D eigenvalue weighted by atomic mass is 35.5. The third-order valence-corrected chi connectivity index (χ3v) is 2.35. The minimum absolute atomic E-state index is 0.0313. The Balaban J connectivity index is 3.14. The lowest BCUT2D eigenvalue weighted by Crippen LogP contribution is -2.03. The topological polar surface area (TPSA) is 40.9 Å². The van der Waals surface area contributed by atoms with Crippen LogP contribution in [-0.4, -0.2) is 10.6 Å². The molecule has 17 heavy (non-hydrogen) atoms. The van der Waals surface area contributed by atoms with Crippen LogP contribution < -0.4 is 0 Å². The number of alkyl halides is 2. The SMILES string of the molecule is Cc1cc(C#CC(=O)C(Cl)Cl)c(F)cc1C#N. The zero-order chi connectivity index (χ0) is 13.0. The van der Waals surface area contributed by atoms with E-state index in [2.05, 4.69) is 11.8 Å². The molecule has 5 heteroatoms. The number of benzene rings is 1. The molecule has 0 N–H and O–H groups in total. The summed E-state index contributed by atoms with van der Waals surface area (Å²) in [4.78, 5) is 9.78. The number of nitriles is 1. The number of halogens is 3. The van der Waals surface area contributed by atoms with E-state index in [4.69, 9.17) is 28.5 Å². The molecule has 0 heterocycles. The predicted octanol–water partition coefficient (Wildman–Crippen LogP) is 2.73. The first-order valence-electron chi connectivity index (χ1n) is 4.50. The maximum Gasteiger partial charge on any atom is 0.238 e. The molecule has 2 nitrogen and oxygen atoms in total. The fourth-order valence-electron chi connectivity index (χ4n) is 1.08. The van der Waals surface area contributed by atoms with Crippen molar-refractivity contribution in [3.63, 3.8) is 0 Å². The summed E-state index contributed by atoms with van der Waals surface area (Å²) < 4.78 is 13.4. The number of carbonyl (C=O) groups excluding carboxylic acids is 1. The standard InChI is InChI=1S/C12H6Cl2FNO/c1-7-4-8(2-3-11(17)12(13)14)10(15)5-9(7)6-16/h4-5,12H,1H3. The molecule has 0 aliphatic carbocycles. The van der Waals surface area contributed by atoms with Gasteiger partial charge in [-0.05, 0) is 30.5 Å². The average Bonchev–Trinajstić information content (AvgIpc) is 2.29. The van der Waals surface area contributed by atoms with Gasteiger partial charge in [0.05, 0.1) is 17.2 Å². The highest BCUT2D eigenvalue weighted by Gasteiger charge is 2.08. The van der Waals surface area contributed by atoms with E-state index in [0.29, 0.717) is 5.56 Å². The highest BCUT2D eigenvalue weighted by molar-refractivity contribution is 6.55. The number of rotatable bonds is 1. The van der Waals surface area contributed by atoms with Crippen molar-refractivity contribution < 1.29 is 9.18 Å². The fraction of sp³-hybridized carbons (Fsp3) is 0.167. The van der Waals surface area contributed by atoms with E-state index in [0.717, 1.165) is 6.07 Å². The number of aryl methyl sites for hydroxylation is 1. The number of ketones is 1. The van der Waals surface area contributed by atoms with Crippen molar-refractivity contribution >= 4 is 29.0 Å². The van der Waals surface area contributed by atoms with Crippen molar-refractivity contribution in [1.29, 1.82) is 5.26 Å². The first-order valence-corrected chi connectivity index (χ1v) is 5.37. The molecule has 0 saturated carbocycles. The minimum Gasteiger partial charge on any atom is -0.282 e. The zero-order valence-electron chi connectivity index (χ0n) is 8.72. The van der Waals surface area contributed by atoms with Crippen molar-refractivity contribution in [1.82, 2.24) is 0 Å². The number of carbonyl (C=O) groups is 1. The average molecular weight is 270 g/mol. The Labute approximate surface area is 108 Å². The molecule has 1 aromatic carbocycles. The predicted molar refractivity (Wildman–Crippen MR) is 63.2 cm³/mol. The van der Waals surface area contributed by atoms with Crippen molar-refractivity contribution in [2.75, 3.05) is 0 Å². The monoisotopic (exact) mass is 269 g/mol. The van der Waals surface area contributed by atoms with Gasteiger partial charge in [-0.2, -0.15) is 5.26 Å². The molecule has 0 aliphatic rings. The normalized spacial score (nSPS) is 9.41. The molecule has 0 amide bonds. The molecular weight excluding hydrogens is 264 g/mol. The Hall–Kier alpha value is -1.55. The summed E-state index contributed by atoms with van der Waals surface area (Å²) in [5.41, 5.74) is 0.842. The third kappa shape index (κ3) is 3.46. The zero-order valence-corrected chi connectivity index (χ0v) is 10.2. The summed E-state index contributed by atoms with van der Waals surface area (Å²) in [6.45, 7) is 1.65. The van der Waals surface area contributed by atoms with E-state index >= 15 is 0 Å². The molecule has 0 spiro atoms. The third-order valence-electron chi connectivity index (χ3n) is 1.95. The van der Waals surface area contributed by atoms with Gasteiger partial charge >= 0.3 is 0 Å². The van der Waals surface area contributed by atoms with Crippen molar-refractivity contribution in [3.8, 4) is 17.9 Å². The lowest BCUT2D eigenvalue weighted by atomic mass is 10.1. The Morgan fingerprint density at radius 2 is 2.06 bits per heavy atom. The van der Waals surface area contributed by atoms with Gasteiger partial charge in [-0.25, -0.2) is 4.39 Å². The van der Waals surface area contributed by atoms with Gasteiger partial charge in [0.1, 0.15) is 5.82 Å². The van der Waals surface area contributed by atoms with Crippen LogP contribution in [0.4, 0.5) is 4.39 Å². The molecule has 0 saturated heterocycles. The highest BCUT2D eigenvalue weighted by Crippen LogP contribution is 2.14. The summed E-state index contributed by atoms with van der Waals surface area (Å²) in [7, 11) is 0. The molecule has 1 rings (SSSR count). The van der Waals surface area contributed by atoms with Crippen LogP contribution in [0.3, 0.4) is 0 Å². The number of hydrogen-bond acceptors (Lipinski definition) is 2. The van der Waals surface area contributed by atoms with E-state index in [1.807, 2.05) is 6.07 Å². The van der Waals surface area contributed by atoms with Crippen LogP contribution in [-0.2, 0) is 4.79 Å². The van der Waals surface area contributed by atoms with Crippen molar-refractivity contribution in [2.45, 2.75) is 11.8 Å². The summed E-state index contributed by atoms with van der Waals surface area (Å²) in [5, 5.41) is 8.68. The minimum atomic E-state index is -1.25. The van der Waals surface area contributed by atoms with Gasteiger partial charge in [0.15, 0.2) is 4.84 Å². The smallest absolute Gasteiger partial charge is 0.238 e. The Morgan fingerprint density at radius 1 is 1.41 bits per heavy atom. The van der Waals surface area contributed by atoms with Crippen LogP contribution in [0.5, 0.6) is 0 Å². The fourth-order valence-corrected chi connectivity index (χ4v) is 1.19. The first-order chi connectivity index (χ1) is 7.95. The van der Waals surface area contributed by atoms with Crippen LogP contribution in [0.25, 0.3) is 0 Å². The van der Waals surface area contributed by atoms with Gasteiger partial charge in [0, 0.05) is 0 Å².